The van der Waals surface area contributed by atoms with Crippen LogP contribution in [0.25, 0.3) is 0 Å². The molecule has 2 atom stereocenters. The largest absolute Gasteiger partial charge is 0.432 e. The molecule has 0 saturated heterocycles. The zero-order valence-corrected chi connectivity index (χ0v) is 21.4. The van der Waals surface area contributed by atoms with Crippen molar-refractivity contribution in [2.45, 2.75) is 84.0 Å². The Morgan fingerprint density at radius 1 is 0.895 bits per heavy atom. The number of carbonyl (C=O) groups excluding carboxylic acids is 1. The topological polar surface area (TPSA) is 41.1 Å². The summed E-state index contributed by atoms with van der Waals surface area (Å²) in [6.07, 6.45) is -11.2. The quantitative estimate of drug-likeness (QED) is 0.308. The zero-order valence-electron chi connectivity index (χ0n) is 21.4. The summed E-state index contributed by atoms with van der Waals surface area (Å²) in [5.74, 6) is -5.43. The number of aryl methyl sites for hydroxylation is 3. The number of benzene rings is 2. The molecule has 0 radical (unpaired) electrons. The van der Waals surface area contributed by atoms with E-state index in [1.165, 1.54) is 32.9 Å². The van der Waals surface area contributed by atoms with Crippen LogP contribution in [0.1, 0.15) is 65.4 Å². The maximum absolute atomic E-state index is 14.9. The molecule has 2 N–H and O–H groups in total. The molecule has 2 aromatic carbocycles. The summed E-state index contributed by atoms with van der Waals surface area (Å²) in [5.41, 5.74) is -4.75. The number of alkyl halides is 9. The van der Waals surface area contributed by atoms with Gasteiger partial charge in [-0.1, -0.05) is 19.1 Å². The van der Waals surface area contributed by atoms with Crippen molar-refractivity contribution in [2.24, 2.45) is 0 Å². The molecule has 2 unspecified atom stereocenters. The van der Waals surface area contributed by atoms with E-state index >= 15 is 0 Å². The van der Waals surface area contributed by atoms with Crippen LogP contribution in [0.3, 0.4) is 0 Å². The predicted molar refractivity (Wildman–Crippen MR) is 126 cm³/mol. The molecular weight excluding hydrogens is 527 g/mol. The minimum Gasteiger partial charge on any atom is -0.321 e. The van der Waals surface area contributed by atoms with Gasteiger partial charge in [0.2, 0.25) is 0 Å². The van der Waals surface area contributed by atoms with E-state index in [0.717, 1.165) is 0 Å². The lowest BCUT2D eigenvalue weighted by atomic mass is 9.86. The summed E-state index contributed by atoms with van der Waals surface area (Å²) >= 11 is 0. The Hall–Kier alpha value is -2.76. The average Bonchev–Trinajstić information content (AvgIpc) is 2.75. The van der Waals surface area contributed by atoms with E-state index in [-0.39, 0.29) is 42.3 Å². The highest BCUT2D eigenvalue weighted by Gasteiger charge is 2.70. The maximum Gasteiger partial charge on any atom is 0.432 e. The van der Waals surface area contributed by atoms with Gasteiger partial charge in [0.05, 0.1) is 6.42 Å². The number of amides is 1. The van der Waals surface area contributed by atoms with Crippen LogP contribution in [0.5, 0.6) is 0 Å². The molecular formula is C26H29F9N2O. The molecule has 0 aliphatic carbocycles. The third-order valence-electron chi connectivity index (χ3n) is 6.21. The lowest BCUT2D eigenvalue weighted by Crippen LogP contribution is -2.51. The fourth-order valence-corrected chi connectivity index (χ4v) is 4.11. The number of nitrogens with one attached hydrogen (secondary N) is 2. The van der Waals surface area contributed by atoms with Gasteiger partial charge >= 0.3 is 12.4 Å². The maximum atomic E-state index is 14.9. The molecule has 1 amide bonds. The van der Waals surface area contributed by atoms with Gasteiger partial charge in [0.15, 0.2) is 0 Å². The number of rotatable bonds is 9. The highest BCUT2D eigenvalue weighted by molar-refractivity contribution is 6.05. The number of hydrogen-bond donors (Lipinski definition) is 2. The number of halogens is 9. The molecule has 2 rings (SSSR count). The van der Waals surface area contributed by atoms with Gasteiger partial charge in [-0.25, -0.2) is 13.2 Å². The van der Waals surface area contributed by atoms with Crippen molar-refractivity contribution in [3.8, 4) is 0 Å². The van der Waals surface area contributed by atoms with Crippen LogP contribution in [-0.4, -0.2) is 30.2 Å². The predicted octanol–water partition coefficient (Wildman–Crippen LogP) is 7.93. The molecule has 0 aliphatic heterocycles. The second-order valence-electron chi connectivity index (χ2n) is 9.42. The molecule has 0 saturated carbocycles. The molecule has 12 heteroatoms. The minimum atomic E-state index is -5.90. The first-order chi connectivity index (χ1) is 17.2. The molecule has 0 bridgehead atoms. The second kappa shape index (κ2) is 11.2. The van der Waals surface area contributed by atoms with Crippen LogP contribution in [0, 0.1) is 13.8 Å². The first-order valence-electron chi connectivity index (χ1n) is 11.7. The van der Waals surface area contributed by atoms with Crippen molar-refractivity contribution in [3.63, 3.8) is 0 Å². The standard InChI is InChI=1S/C26H29F9N2O/c1-6-17-11-20(25(32,23(5,27)28)26(33,34)35)10-15(3)21(17)37-22(38)18-7-8-19(14(2)9-18)13-36-16(4)12-24(29,30)31/h7-11,16,36H,6,12-13H2,1-5H3,(H,37,38). The van der Waals surface area contributed by atoms with Crippen LogP contribution >= 0.6 is 0 Å². The average molecular weight is 557 g/mol. The number of anilines is 1. The van der Waals surface area contributed by atoms with Gasteiger partial charge in [0, 0.05) is 36.3 Å². The Morgan fingerprint density at radius 2 is 1.50 bits per heavy atom. The smallest absolute Gasteiger partial charge is 0.321 e. The Bertz CT molecular complexity index is 1140. The van der Waals surface area contributed by atoms with Crippen molar-refractivity contribution < 1.29 is 44.3 Å². The monoisotopic (exact) mass is 556 g/mol. The summed E-state index contributed by atoms with van der Waals surface area (Å²) in [6.45, 7) is 5.81. The van der Waals surface area contributed by atoms with Gasteiger partial charge in [-0.2, -0.15) is 26.3 Å². The van der Waals surface area contributed by atoms with Gasteiger partial charge in [0.25, 0.3) is 17.5 Å². The van der Waals surface area contributed by atoms with Crippen LogP contribution in [-0.2, 0) is 18.6 Å². The second-order valence-corrected chi connectivity index (χ2v) is 9.42. The zero-order chi connectivity index (χ0) is 29.3. The summed E-state index contributed by atoms with van der Waals surface area (Å²) in [6, 6.07) is 4.96. The van der Waals surface area contributed by atoms with E-state index in [0.29, 0.717) is 23.3 Å². The number of carbonyl (C=O) groups is 1. The third kappa shape index (κ3) is 7.00. The van der Waals surface area contributed by atoms with Gasteiger partial charge in [0.1, 0.15) is 0 Å². The molecule has 212 valence electrons. The van der Waals surface area contributed by atoms with Crippen LogP contribution in [0.4, 0.5) is 45.2 Å². The fraction of sp³-hybridized carbons (Fsp3) is 0.500. The molecule has 0 aromatic heterocycles. The van der Waals surface area contributed by atoms with Crippen LogP contribution < -0.4 is 10.6 Å². The molecule has 38 heavy (non-hydrogen) atoms. The number of hydrogen-bond acceptors (Lipinski definition) is 2. The first kappa shape index (κ1) is 31.5. The van der Waals surface area contributed by atoms with E-state index in [2.05, 4.69) is 10.6 Å². The van der Waals surface area contributed by atoms with Crippen LogP contribution in [0.2, 0.25) is 0 Å². The van der Waals surface area contributed by atoms with Crippen molar-refractivity contribution in [2.75, 3.05) is 5.32 Å². The molecule has 0 spiro atoms. The summed E-state index contributed by atoms with van der Waals surface area (Å²) in [4.78, 5) is 12.9. The molecule has 0 heterocycles. The molecule has 0 aliphatic rings. The summed E-state index contributed by atoms with van der Waals surface area (Å²) in [7, 11) is 0. The van der Waals surface area contributed by atoms with Crippen molar-refractivity contribution in [3.05, 3.63) is 63.7 Å². The van der Waals surface area contributed by atoms with Crippen molar-refractivity contribution in [1.29, 1.82) is 0 Å². The summed E-state index contributed by atoms with van der Waals surface area (Å²) < 4.78 is 121. The third-order valence-corrected chi connectivity index (χ3v) is 6.21. The Kier molecular flexibility index (Phi) is 9.23. The highest BCUT2D eigenvalue weighted by atomic mass is 19.4. The van der Waals surface area contributed by atoms with Crippen LogP contribution in [0.15, 0.2) is 30.3 Å². The normalized spacial score (nSPS) is 15.2. The first-order valence-corrected chi connectivity index (χ1v) is 11.7. The fourth-order valence-electron chi connectivity index (χ4n) is 4.11. The Balaban J connectivity index is 2.31. The van der Waals surface area contributed by atoms with Crippen molar-refractivity contribution >= 4 is 11.6 Å². The van der Waals surface area contributed by atoms with Gasteiger partial charge in [-0.3, -0.25) is 4.79 Å². The minimum absolute atomic E-state index is 0.00720. The lowest BCUT2D eigenvalue weighted by Gasteiger charge is -2.34. The van der Waals surface area contributed by atoms with Gasteiger partial charge in [-0.05, 0) is 67.6 Å². The lowest BCUT2D eigenvalue weighted by molar-refractivity contribution is -0.304. The Morgan fingerprint density at radius 3 is 1.97 bits per heavy atom. The molecule has 3 nitrogen and oxygen atoms in total. The van der Waals surface area contributed by atoms with E-state index in [4.69, 9.17) is 0 Å². The van der Waals surface area contributed by atoms with E-state index in [1.807, 2.05) is 0 Å². The highest BCUT2D eigenvalue weighted by Crippen LogP contribution is 2.53. The van der Waals surface area contributed by atoms with E-state index in [9.17, 15) is 44.3 Å². The van der Waals surface area contributed by atoms with Gasteiger partial charge in [-0.15, -0.1) is 0 Å². The summed E-state index contributed by atoms with van der Waals surface area (Å²) in [5, 5.41) is 5.32. The van der Waals surface area contributed by atoms with E-state index < -0.39 is 47.9 Å². The van der Waals surface area contributed by atoms with Crippen molar-refractivity contribution in [1.82, 2.24) is 5.32 Å². The Labute approximate surface area is 214 Å². The van der Waals surface area contributed by atoms with E-state index in [1.54, 1.807) is 13.0 Å². The van der Waals surface area contributed by atoms with Gasteiger partial charge < -0.3 is 10.6 Å². The molecule has 2 aromatic rings. The molecule has 0 fully saturated rings. The SMILES string of the molecule is CCc1cc(C(F)(C(C)(F)F)C(F)(F)F)cc(C)c1NC(=O)c1ccc(CNC(C)CC(F)(F)F)c(C)c1.